The van der Waals surface area contributed by atoms with Crippen LogP contribution in [-0.4, -0.2) is 38.2 Å². The molecule has 0 unspecified atom stereocenters. The number of nitrogens with zero attached hydrogens (tertiary/aromatic N) is 3. The second-order valence-corrected chi connectivity index (χ2v) is 7.08. The minimum atomic E-state index is -0.167. The van der Waals surface area contributed by atoms with Gasteiger partial charge in [0.15, 0.2) is 5.16 Å². The van der Waals surface area contributed by atoms with E-state index < -0.39 is 0 Å². The maximum atomic E-state index is 12.2. The normalized spacial score (nSPS) is 11.1. The van der Waals surface area contributed by atoms with Crippen LogP contribution in [0.25, 0.3) is 11.0 Å². The van der Waals surface area contributed by atoms with E-state index in [1.807, 2.05) is 37.4 Å². The lowest BCUT2D eigenvalue weighted by Crippen LogP contribution is -2.28. The van der Waals surface area contributed by atoms with E-state index in [0.717, 1.165) is 16.9 Å². The quantitative estimate of drug-likeness (QED) is 0.480. The summed E-state index contributed by atoms with van der Waals surface area (Å²) in [6, 6.07) is 7.95. The molecular formula is C19H23N5O2S. The number of hydrogen-bond donors (Lipinski definition) is 2. The van der Waals surface area contributed by atoms with Gasteiger partial charge in [0.25, 0.3) is 5.56 Å². The highest BCUT2D eigenvalue weighted by Gasteiger charge is 2.11. The van der Waals surface area contributed by atoms with E-state index >= 15 is 0 Å². The topological polar surface area (TPSA) is 92.7 Å². The van der Waals surface area contributed by atoms with Crippen LogP contribution in [0.2, 0.25) is 0 Å². The maximum Gasteiger partial charge on any atom is 0.254 e. The van der Waals surface area contributed by atoms with Gasteiger partial charge in [0.2, 0.25) is 5.91 Å². The molecule has 0 saturated heterocycles. The van der Waals surface area contributed by atoms with Crippen molar-refractivity contribution in [1.82, 2.24) is 24.8 Å². The lowest BCUT2D eigenvalue weighted by Gasteiger charge is -2.09. The highest BCUT2D eigenvalue weighted by molar-refractivity contribution is 7.98. The highest BCUT2D eigenvalue weighted by Crippen LogP contribution is 2.15. The SMILES string of the molecule is CSc1nc(C)c(CCC(=O)NCCn2c(C)nc3ccccc32)c(=O)[nH]1. The van der Waals surface area contributed by atoms with E-state index in [1.54, 1.807) is 6.92 Å². The van der Waals surface area contributed by atoms with E-state index in [-0.39, 0.29) is 17.9 Å². The van der Waals surface area contributed by atoms with Crippen LogP contribution in [0, 0.1) is 13.8 Å². The summed E-state index contributed by atoms with van der Waals surface area (Å²) in [5.74, 6) is 0.845. The number of amides is 1. The highest BCUT2D eigenvalue weighted by atomic mass is 32.2. The fraction of sp³-hybridized carbons (Fsp3) is 0.368. The lowest BCUT2D eigenvalue weighted by atomic mass is 10.1. The number of rotatable bonds is 7. The Bertz CT molecular complexity index is 1020. The van der Waals surface area contributed by atoms with Gasteiger partial charge in [0, 0.05) is 30.8 Å². The zero-order valence-corrected chi connectivity index (χ0v) is 16.5. The zero-order chi connectivity index (χ0) is 19.4. The number of fused-ring (bicyclic) bond motifs is 1. The number of para-hydroxylation sites is 2. The number of hydrogen-bond acceptors (Lipinski definition) is 5. The van der Waals surface area contributed by atoms with Gasteiger partial charge in [-0.2, -0.15) is 0 Å². The molecular weight excluding hydrogens is 362 g/mol. The molecule has 0 aliphatic heterocycles. The van der Waals surface area contributed by atoms with E-state index in [1.165, 1.54) is 11.8 Å². The first-order valence-electron chi connectivity index (χ1n) is 8.82. The molecule has 0 saturated carbocycles. The van der Waals surface area contributed by atoms with Crippen LogP contribution in [0.3, 0.4) is 0 Å². The summed E-state index contributed by atoms with van der Waals surface area (Å²) in [4.78, 5) is 35.9. The van der Waals surface area contributed by atoms with Gasteiger partial charge in [-0.05, 0) is 38.7 Å². The number of aryl methyl sites for hydroxylation is 2. The minimum absolute atomic E-state index is 0.0789. The largest absolute Gasteiger partial charge is 0.354 e. The Balaban J connectivity index is 1.55. The third-order valence-electron chi connectivity index (χ3n) is 4.50. The number of H-pyrrole nitrogens is 1. The molecule has 27 heavy (non-hydrogen) atoms. The fourth-order valence-electron chi connectivity index (χ4n) is 3.09. The van der Waals surface area contributed by atoms with Crippen molar-refractivity contribution in [2.45, 2.75) is 38.4 Å². The second-order valence-electron chi connectivity index (χ2n) is 6.29. The molecule has 1 aromatic carbocycles. The van der Waals surface area contributed by atoms with Crippen LogP contribution in [0.4, 0.5) is 0 Å². The number of imidazole rings is 1. The number of carbonyl (C=O) groups is 1. The molecule has 2 heterocycles. The molecule has 0 aliphatic carbocycles. The molecule has 142 valence electrons. The Hall–Kier alpha value is -2.61. The molecule has 0 atom stereocenters. The monoisotopic (exact) mass is 385 g/mol. The van der Waals surface area contributed by atoms with Gasteiger partial charge in [-0.15, -0.1) is 0 Å². The summed E-state index contributed by atoms with van der Waals surface area (Å²) in [6.07, 6.45) is 2.49. The van der Waals surface area contributed by atoms with E-state index in [0.29, 0.717) is 35.9 Å². The van der Waals surface area contributed by atoms with Crippen LogP contribution in [-0.2, 0) is 17.8 Å². The van der Waals surface area contributed by atoms with E-state index in [2.05, 4.69) is 24.8 Å². The Morgan fingerprint density at radius 1 is 1.26 bits per heavy atom. The van der Waals surface area contributed by atoms with Crippen LogP contribution in [0.1, 0.15) is 23.5 Å². The summed E-state index contributed by atoms with van der Waals surface area (Å²) < 4.78 is 2.09. The first-order chi connectivity index (χ1) is 13.0. The molecule has 3 aromatic rings. The standard InChI is InChI=1S/C19H23N5O2S/c1-12-14(18(26)23-19(21-12)27-3)8-9-17(25)20-10-11-24-13(2)22-15-6-4-5-7-16(15)24/h4-7H,8-11H2,1-3H3,(H,20,25)(H,21,23,26). The predicted octanol–water partition coefficient (Wildman–Crippen LogP) is 2.21. The fourth-order valence-corrected chi connectivity index (χ4v) is 3.51. The number of carbonyl (C=O) groups excluding carboxylic acids is 1. The average molecular weight is 385 g/mol. The summed E-state index contributed by atoms with van der Waals surface area (Å²) >= 11 is 1.39. The smallest absolute Gasteiger partial charge is 0.254 e. The minimum Gasteiger partial charge on any atom is -0.354 e. The predicted molar refractivity (Wildman–Crippen MR) is 107 cm³/mol. The van der Waals surface area contributed by atoms with Crippen molar-refractivity contribution in [3.63, 3.8) is 0 Å². The van der Waals surface area contributed by atoms with Crippen molar-refractivity contribution in [2.24, 2.45) is 0 Å². The summed E-state index contributed by atoms with van der Waals surface area (Å²) in [6.45, 7) is 4.93. The molecule has 0 radical (unpaired) electrons. The molecule has 0 spiro atoms. The second kappa shape index (κ2) is 8.39. The number of aromatic amines is 1. The summed E-state index contributed by atoms with van der Waals surface area (Å²) in [7, 11) is 0. The lowest BCUT2D eigenvalue weighted by molar-refractivity contribution is -0.121. The van der Waals surface area contributed by atoms with E-state index in [9.17, 15) is 9.59 Å². The number of nitrogens with one attached hydrogen (secondary N) is 2. The van der Waals surface area contributed by atoms with Crippen molar-refractivity contribution >= 4 is 28.7 Å². The van der Waals surface area contributed by atoms with Gasteiger partial charge in [0.05, 0.1) is 11.0 Å². The maximum absolute atomic E-state index is 12.2. The van der Waals surface area contributed by atoms with Crippen molar-refractivity contribution in [2.75, 3.05) is 12.8 Å². The van der Waals surface area contributed by atoms with Crippen LogP contribution in [0.5, 0.6) is 0 Å². The van der Waals surface area contributed by atoms with Gasteiger partial charge in [-0.1, -0.05) is 23.9 Å². The van der Waals surface area contributed by atoms with Gasteiger partial charge < -0.3 is 14.9 Å². The number of benzene rings is 1. The number of aromatic nitrogens is 4. The molecule has 0 fully saturated rings. The third-order valence-corrected chi connectivity index (χ3v) is 5.08. The summed E-state index contributed by atoms with van der Waals surface area (Å²) in [5.41, 5.74) is 3.10. The first-order valence-corrected chi connectivity index (χ1v) is 10.0. The van der Waals surface area contributed by atoms with Gasteiger partial charge >= 0.3 is 0 Å². The molecule has 3 rings (SSSR count). The van der Waals surface area contributed by atoms with Crippen LogP contribution >= 0.6 is 11.8 Å². The molecule has 2 N–H and O–H groups in total. The summed E-state index contributed by atoms with van der Waals surface area (Å²) in [5, 5.41) is 3.51. The van der Waals surface area contributed by atoms with Gasteiger partial charge in [-0.25, -0.2) is 9.97 Å². The average Bonchev–Trinajstić information content (AvgIpc) is 2.96. The molecule has 8 heteroatoms. The van der Waals surface area contributed by atoms with Gasteiger partial charge in [-0.3, -0.25) is 9.59 Å². The van der Waals surface area contributed by atoms with Crippen molar-refractivity contribution < 1.29 is 4.79 Å². The first kappa shape index (κ1) is 19.2. The zero-order valence-electron chi connectivity index (χ0n) is 15.7. The Kier molecular flexibility index (Phi) is 5.95. The molecule has 1 amide bonds. The van der Waals surface area contributed by atoms with Crippen LogP contribution < -0.4 is 10.9 Å². The van der Waals surface area contributed by atoms with E-state index in [4.69, 9.17) is 0 Å². The molecule has 2 aromatic heterocycles. The molecule has 0 aliphatic rings. The van der Waals surface area contributed by atoms with Crippen molar-refractivity contribution in [3.8, 4) is 0 Å². The van der Waals surface area contributed by atoms with Crippen molar-refractivity contribution in [3.05, 3.63) is 51.7 Å². The van der Waals surface area contributed by atoms with Crippen molar-refractivity contribution in [1.29, 1.82) is 0 Å². The Morgan fingerprint density at radius 3 is 2.78 bits per heavy atom. The Morgan fingerprint density at radius 2 is 2.04 bits per heavy atom. The Labute approximate surface area is 161 Å². The van der Waals surface area contributed by atoms with Gasteiger partial charge in [0.1, 0.15) is 5.82 Å². The molecule has 0 bridgehead atoms. The number of thioether (sulfide) groups is 1. The third kappa shape index (κ3) is 4.39. The molecule has 7 nitrogen and oxygen atoms in total. The van der Waals surface area contributed by atoms with Crippen LogP contribution in [0.15, 0.2) is 34.2 Å².